The Balaban J connectivity index is 2.86. The van der Waals surface area contributed by atoms with Crippen molar-refractivity contribution in [3.8, 4) is 0 Å². The van der Waals surface area contributed by atoms with Gasteiger partial charge in [-0.2, -0.15) is 0 Å². The van der Waals surface area contributed by atoms with Crippen LogP contribution in [0.1, 0.15) is 44.4 Å². The van der Waals surface area contributed by atoms with Crippen molar-refractivity contribution < 1.29 is 0 Å². The van der Waals surface area contributed by atoms with E-state index in [9.17, 15) is 0 Å². The van der Waals surface area contributed by atoms with Crippen molar-refractivity contribution in [2.75, 3.05) is 11.9 Å². The minimum atomic E-state index is 0.384. The third-order valence-corrected chi connectivity index (χ3v) is 5.18. The molecule has 0 unspecified atom stereocenters. The number of hydrogen-bond acceptors (Lipinski definition) is 2. The van der Waals surface area contributed by atoms with E-state index in [2.05, 4.69) is 47.0 Å². The highest BCUT2D eigenvalue weighted by Crippen LogP contribution is 2.41. The molecule has 0 fully saturated rings. The van der Waals surface area contributed by atoms with E-state index in [1.807, 2.05) is 13.0 Å². The maximum atomic E-state index is 6.39. The van der Waals surface area contributed by atoms with E-state index in [0.29, 0.717) is 16.0 Å². The summed E-state index contributed by atoms with van der Waals surface area (Å²) in [4.78, 5) is 4.69. The van der Waals surface area contributed by atoms with Gasteiger partial charge in [0.05, 0.1) is 15.6 Å². The van der Waals surface area contributed by atoms with Gasteiger partial charge in [0.25, 0.3) is 0 Å². The van der Waals surface area contributed by atoms with Gasteiger partial charge in [-0.05, 0) is 46.8 Å². The molecule has 0 aliphatic carbocycles. The molecular weight excluding hydrogens is 371 g/mol. The zero-order chi connectivity index (χ0) is 15.7. The summed E-state index contributed by atoms with van der Waals surface area (Å²) < 4.78 is 0.793. The Hall–Kier alpha value is -0.510. The predicted octanol–water partition coefficient (Wildman–Crippen LogP) is 6.56. The Morgan fingerprint density at radius 1 is 1.29 bits per heavy atom. The normalized spacial score (nSPS) is 11.4. The van der Waals surface area contributed by atoms with Crippen molar-refractivity contribution in [1.82, 2.24) is 4.98 Å². The van der Waals surface area contributed by atoms with Crippen LogP contribution < -0.4 is 5.32 Å². The van der Waals surface area contributed by atoms with Crippen LogP contribution in [0.3, 0.4) is 0 Å². The molecule has 0 saturated carbocycles. The number of halogens is 3. The Kier molecular flexibility index (Phi) is 5.39. The first-order valence-corrected chi connectivity index (χ1v) is 8.64. The van der Waals surface area contributed by atoms with E-state index in [4.69, 9.17) is 23.2 Å². The average molecular weight is 390 g/mol. The van der Waals surface area contributed by atoms with Gasteiger partial charge in [-0.25, -0.2) is 0 Å². The molecule has 1 heterocycles. The quantitative estimate of drug-likeness (QED) is 0.599. The molecule has 2 aromatic rings. The second-order valence-corrected chi connectivity index (χ2v) is 7.06. The molecule has 5 heteroatoms. The molecule has 0 radical (unpaired) electrons. The molecule has 21 heavy (non-hydrogen) atoms. The first-order valence-electron chi connectivity index (χ1n) is 7.10. The molecule has 0 atom stereocenters. The fourth-order valence-electron chi connectivity index (χ4n) is 2.59. The number of nitrogens with zero attached hydrogens (tertiary/aromatic N) is 1. The lowest BCUT2D eigenvalue weighted by Crippen LogP contribution is -2.08. The summed E-state index contributed by atoms with van der Waals surface area (Å²) in [6.45, 7) is 9.45. The van der Waals surface area contributed by atoms with E-state index in [1.165, 1.54) is 5.56 Å². The zero-order valence-corrected chi connectivity index (χ0v) is 15.7. The molecule has 2 nitrogen and oxygen atoms in total. The lowest BCUT2D eigenvalue weighted by Gasteiger charge is -2.20. The largest absolute Gasteiger partial charge is 0.384 e. The van der Waals surface area contributed by atoms with Gasteiger partial charge in [0.2, 0.25) is 0 Å². The fourth-order valence-corrected chi connectivity index (χ4v) is 3.52. The van der Waals surface area contributed by atoms with E-state index in [-0.39, 0.29) is 0 Å². The lowest BCUT2D eigenvalue weighted by molar-refractivity contribution is 0.844. The summed E-state index contributed by atoms with van der Waals surface area (Å²) in [5.74, 6) is 0.384. The highest BCUT2D eigenvalue weighted by molar-refractivity contribution is 9.10. The van der Waals surface area contributed by atoms with Crippen molar-refractivity contribution >= 4 is 55.7 Å². The molecule has 1 N–H and O–H groups in total. The highest BCUT2D eigenvalue weighted by atomic mass is 79.9. The second-order valence-electron chi connectivity index (χ2n) is 5.45. The highest BCUT2D eigenvalue weighted by Gasteiger charge is 2.19. The van der Waals surface area contributed by atoms with Crippen LogP contribution in [-0.2, 0) is 0 Å². The van der Waals surface area contributed by atoms with Gasteiger partial charge in [0.15, 0.2) is 0 Å². The van der Waals surface area contributed by atoms with E-state index >= 15 is 0 Å². The topological polar surface area (TPSA) is 24.9 Å². The monoisotopic (exact) mass is 388 g/mol. The third-order valence-electron chi connectivity index (χ3n) is 3.47. The van der Waals surface area contributed by atoms with Crippen LogP contribution in [0.4, 0.5) is 5.69 Å². The van der Waals surface area contributed by atoms with E-state index in [1.54, 1.807) is 0 Å². The first kappa shape index (κ1) is 16.9. The van der Waals surface area contributed by atoms with E-state index in [0.717, 1.165) is 39.7 Å². The smallest absolute Gasteiger partial charge is 0.0928 e. The molecule has 0 bridgehead atoms. The van der Waals surface area contributed by atoms with E-state index < -0.39 is 0 Å². The molecule has 114 valence electrons. The van der Waals surface area contributed by atoms with Crippen molar-refractivity contribution in [3.05, 3.63) is 31.8 Å². The first-order chi connectivity index (χ1) is 9.88. The van der Waals surface area contributed by atoms with Crippen molar-refractivity contribution in [2.45, 2.75) is 40.0 Å². The number of benzene rings is 1. The van der Waals surface area contributed by atoms with Crippen molar-refractivity contribution in [3.63, 3.8) is 0 Å². The summed E-state index contributed by atoms with van der Waals surface area (Å²) in [6, 6.07) is 2.00. The summed E-state index contributed by atoms with van der Waals surface area (Å²) in [7, 11) is 0. The van der Waals surface area contributed by atoms with Crippen LogP contribution in [0, 0.1) is 6.92 Å². The standard InChI is InChI=1S/C16H19BrCl2N2/c1-5-6-20-15-10-7-11(17)13(18)14(19)16(10)21-9(4)12(15)8(2)3/h7-8H,5-6H2,1-4H3,(H,20,21). The maximum Gasteiger partial charge on any atom is 0.0928 e. The van der Waals surface area contributed by atoms with Crippen LogP contribution in [0.15, 0.2) is 10.5 Å². The van der Waals surface area contributed by atoms with Gasteiger partial charge in [-0.3, -0.25) is 4.98 Å². The van der Waals surface area contributed by atoms with Crippen LogP contribution in [0.25, 0.3) is 10.9 Å². The second kappa shape index (κ2) is 6.72. The van der Waals surface area contributed by atoms with Gasteiger partial charge in [-0.15, -0.1) is 0 Å². The number of aromatic nitrogens is 1. The lowest BCUT2D eigenvalue weighted by atomic mass is 9.96. The zero-order valence-electron chi connectivity index (χ0n) is 12.7. The number of hydrogen-bond donors (Lipinski definition) is 1. The minimum Gasteiger partial charge on any atom is -0.384 e. The van der Waals surface area contributed by atoms with Crippen LogP contribution >= 0.6 is 39.1 Å². The number of nitrogens with one attached hydrogen (secondary N) is 1. The molecular formula is C16H19BrCl2N2. The average Bonchev–Trinajstić information content (AvgIpc) is 2.43. The SMILES string of the molecule is CCCNc1c(C(C)C)c(C)nc2c(Cl)c(Cl)c(Br)cc12. The number of fused-ring (bicyclic) bond motifs is 1. The van der Waals surface area contributed by atoms with Crippen LogP contribution in [0.5, 0.6) is 0 Å². The minimum absolute atomic E-state index is 0.384. The molecule has 1 aromatic carbocycles. The molecule has 0 saturated heterocycles. The van der Waals surface area contributed by atoms with Crippen molar-refractivity contribution in [1.29, 1.82) is 0 Å². The Morgan fingerprint density at radius 3 is 2.52 bits per heavy atom. The summed E-state index contributed by atoms with van der Waals surface area (Å²) in [5.41, 5.74) is 4.11. The predicted molar refractivity (Wildman–Crippen MR) is 97.1 cm³/mol. The van der Waals surface area contributed by atoms with Gasteiger partial charge < -0.3 is 5.32 Å². The van der Waals surface area contributed by atoms with Crippen LogP contribution in [-0.4, -0.2) is 11.5 Å². The van der Waals surface area contributed by atoms with Gasteiger partial charge in [0, 0.05) is 27.8 Å². The molecule has 1 aromatic heterocycles. The molecule has 0 aliphatic heterocycles. The summed E-state index contributed by atoms with van der Waals surface area (Å²) >= 11 is 16.1. The Bertz CT molecular complexity index is 684. The molecule has 0 spiro atoms. The fraction of sp³-hybridized carbons (Fsp3) is 0.438. The number of anilines is 1. The number of aryl methyl sites for hydroxylation is 1. The molecule has 0 aliphatic rings. The van der Waals surface area contributed by atoms with Crippen molar-refractivity contribution in [2.24, 2.45) is 0 Å². The Labute approximate surface area is 144 Å². The maximum absolute atomic E-state index is 6.39. The number of rotatable bonds is 4. The summed E-state index contributed by atoms with van der Waals surface area (Å²) in [5, 5.41) is 5.56. The third kappa shape index (κ3) is 3.15. The molecule has 2 rings (SSSR count). The Morgan fingerprint density at radius 2 is 1.95 bits per heavy atom. The summed E-state index contributed by atoms with van der Waals surface area (Å²) in [6.07, 6.45) is 1.06. The van der Waals surface area contributed by atoms with Gasteiger partial charge >= 0.3 is 0 Å². The van der Waals surface area contributed by atoms with Gasteiger partial charge in [-0.1, -0.05) is 44.0 Å². The van der Waals surface area contributed by atoms with Crippen LogP contribution in [0.2, 0.25) is 10.0 Å². The number of pyridine rings is 1. The van der Waals surface area contributed by atoms with Gasteiger partial charge in [0.1, 0.15) is 0 Å². The molecule has 0 amide bonds.